The molecule has 0 saturated carbocycles. The summed E-state index contributed by atoms with van der Waals surface area (Å²) in [6, 6.07) is 11.9. The van der Waals surface area contributed by atoms with E-state index in [0.717, 1.165) is 18.4 Å². The average Bonchev–Trinajstić information content (AvgIpc) is 2.85. The van der Waals surface area contributed by atoms with Gasteiger partial charge in [-0.25, -0.2) is 9.59 Å². The first-order chi connectivity index (χ1) is 18.3. The van der Waals surface area contributed by atoms with Gasteiger partial charge in [0.2, 0.25) is 5.91 Å². The quantitative estimate of drug-likeness (QED) is 0.322. The van der Waals surface area contributed by atoms with Crippen molar-refractivity contribution >= 4 is 52.6 Å². The highest BCUT2D eigenvalue weighted by Gasteiger charge is 2.27. The lowest BCUT2D eigenvalue weighted by atomic mass is 9.89. The zero-order valence-corrected chi connectivity index (χ0v) is 24.7. The van der Waals surface area contributed by atoms with Crippen molar-refractivity contribution in [3.63, 3.8) is 0 Å². The van der Waals surface area contributed by atoms with Crippen molar-refractivity contribution in [2.75, 3.05) is 23.7 Å². The molecule has 1 saturated heterocycles. The van der Waals surface area contributed by atoms with Crippen LogP contribution in [0, 0.1) is 5.92 Å². The molecule has 212 valence electrons. The van der Waals surface area contributed by atoms with Crippen molar-refractivity contribution in [2.45, 2.75) is 71.4 Å². The highest BCUT2D eigenvalue weighted by Crippen LogP contribution is 2.32. The van der Waals surface area contributed by atoms with E-state index < -0.39 is 17.7 Å². The molecule has 3 N–H and O–H groups in total. The van der Waals surface area contributed by atoms with Gasteiger partial charge in [0.05, 0.1) is 15.7 Å². The molecule has 2 aromatic rings. The largest absolute Gasteiger partial charge is 0.444 e. The minimum atomic E-state index is -0.712. The van der Waals surface area contributed by atoms with E-state index in [1.54, 1.807) is 43.9 Å². The number of likely N-dealkylation sites (tertiary alicyclic amines) is 1. The number of para-hydroxylation sites is 1. The highest BCUT2D eigenvalue weighted by atomic mass is 35.5. The zero-order valence-electron chi connectivity index (χ0n) is 23.1. The Kier molecular flexibility index (Phi) is 10.5. The van der Waals surface area contributed by atoms with Crippen LogP contribution in [0.5, 0.6) is 0 Å². The molecule has 39 heavy (non-hydrogen) atoms. The molecule has 0 radical (unpaired) electrons. The smallest absolute Gasteiger partial charge is 0.408 e. The number of nitrogens with zero attached hydrogens (tertiary/aromatic N) is 1. The van der Waals surface area contributed by atoms with Gasteiger partial charge in [-0.05, 0) is 81.7 Å². The third-order valence-corrected chi connectivity index (χ3v) is 6.97. The van der Waals surface area contributed by atoms with Crippen LogP contribution in [0.25, 0.3) is 0 Å². The molecular formula is C29H38Cl2N4O4. The Balaban J connectivity index is 1.54. The summed E-state index contributed by atoms with van der Waals surface area (Å²) in [5.41, 5.74) is 1.56. The van der Waals surface area contributed by atoms with Gasteiger partial charge in [0.15, 0.2) is 0 Å². The van der Waals surface area contributed by atoms with Crippen molar-refractivity contribution in [1.82, 2.24) is 10.2 Å². The number of ether oxygens (including phenoxy) is 1. The summed E-state index contributed by atoms with van der Waals surface area (Å²) in [5.74, 6) is 0.207. The third kappa shape index (κ3) is 9.32. The predicted octanol–water partition coefficient (Wildman–Crippen LogP) is 7.28. The molecular weight excluding hydrogens is 539 g/mol. The number of amides is 4. The van der Waals surface area contributed by atoms with E-state index in [1.807, 2.05) is 38.1 Å². The number of carbonyl (C=O) groups is 3. The first kappa shape index (κ1) is 30.6. The summed E-state index contributed by atoms with van der Waals surface area (Å²) in [7, 11) is 0. The lowest BCUT2D eigenvalue weighted by Gasteiger charge is -2.32. The molecule has 0 aliphatic carbocycles. The van der Waals surface area contributed by atoms with Crippen molar-refractivity contribution in [2.24, 2.45) is 5.92 Å². The fourth-order valence-corrected chi connectivity index (χ4v) is 4.93. The van der Waals surface area contributed by atoms with Gasteiger partial charge in [-0.2, -0.15) is 0 Å². The Morgan fingerprint density at radius 2 is 1.56 bits per heavy atom. The molecule has 3 rings (SSSR count). The maximum Gasteiger partial charge on any atom is 0.408 e. The second-order valence-electron chi connectivity index (χ2n) is 11.2. The first-order valence-electron chi connectivity index (χ1n) is 13.2. The molecule has 1 aliphatic heterocycles. The number of hydrogen-bond acceptors (Lipinski definition) is 4. The normalized spacial score (nSPS) is 15.0. The highest BCUT2D eigenvalue weighted by molar-refractivity contribution is 6.39. The van der Waals surface area contributed by atoms with Crippen molar-refractivity contribution < 1.29 is 19.1 Å². The second kappa shape index (κ2) is 13.4. The monoisotopic (exact) mass is 576 g/mol. The standard InChI is InChI=1S/C29H38Cl2N4O4/c1-18(2)17-24(33-28(38)39-29(3,4)5)26(36)32-21-11-9-19(10-12-21)20-13-15-35(16-14-20)27(37)34-25-22(30)7-6-8-23(25)31/h6-12,18,20,24H,13-17H2,1-5H3,(H,32,36)(H,33,38)(H,34,37). The van der Waals surface area contributed by atoms with Gasteiger partial charge in [-0.3, -0.25) is 4.79 Å². The van der Waals surface area contributed by atoms with Crippen molar-refractivity contribution in [1.29, 1.82) is 0 Å². The number of alkyl carbamates (subject to hydrolysis) is 1. The lowest BCUT2D eigenvalue weighted by molar-refractivity contribution is -0.118. The summed E-state index contributed by atoms with van der Waals surface area (Å²) >= 11 is 12.4. The number of carbonyl (C=O) groups excluding carboxylic acids is 3. The Bertz CT molecular complexity index is 1140. The van der Waals surface area contributed by atoms with E-state index in [2.05, 4.69) is 16.0 Å². The summed E-state index contributed by atoms with van der Waals surface area (Å²) in [4.78, 5) is 39.7. The number of benzene rings is 2. The molecule has 1 heterocycles. The second-order valence-corrected chi connectivity index (χ2v) is 12.0. The fourth-order valence-electron chi connectivity index (χ4n) is 4.44. The molecule has 1 aliphatic rings. The Morgan fingerprint density at radius 3 is 2.10 bits per heavy atom. The molecule has 0 spiro atoms. The number of anilines is 2. The van der Waals surface area contributed by atoms with Gasteiger partial charge >= 0.3 is 12.1 Å². The van der Waals surface area contributed by atoms with Gasteiger partial charge in [0.1, 0.15) is 11.6 Å². The van der Waals surface area contributed by atoms with Gasteiger partial charge in [0, 0.05) is 18.8 Å². The minimum absolute atomic E-state index is 0.202. The molecule has 0 aromatic heterocycles. The maximum atomic E-state index is 13.0. The molecule has 1 fully saturated rings. The number of piperidine rings is 1. The SMILES string of the molecule is CC(C)CC(NC(=O)OC(C)(C)C)C(=O)Nc1ccc(C2CCN(C(=O)Nc3c(Cl)cccc3Cl)CC2)cc1. The predicted molar refractivity (Wildman–Crippen MR) is 157 cm³/mol. The van der Waals surface area contributed by atoms with E-state index in [0.29, 0.717) is 46.8 Å². The van der Waals surface area contributed by atoms with E-state index in [4.69, 9.17) is 27.9 Å². The van der Waals surface area contributed by atoms with Gasteiger partial charge in [0.25, 0.3) is 0 Å². The average molecular weight is 578 g/mol. The molecule has 8 nitrogen and oxygen atoms in total. The zero-order chi connectivity index (χ0) is 28.7. The van der Waals surface area contributed by atoms with E-state index >= 15 is 0 Å². The molecule has 10 heteroatoms. The fraction of sp³-hybridized carbons (Fsp3) is 0.483. The van der Waals surface area contributed by atoms with E-state index in [-0.39, 0.29) is 17.9 Å². The summed E-state index contributed by atoms with van der Waals surface area (Å²) in [6.07, 6.45) is 1.49. The van der Waals surface area contributed by atoms with Gasteiger partial charge < -0.3 is 25.6 Å². The van der Waals surface area contributed by atoms with Crippen LogP contribution in [-0.4, -0.2) is 47.7 Å². The topological polar surface area (TPSA) is 99.8 Å². The molecule has 4 amide bonds. The van der Waals surface area contributed by atoms with Crippen molar-refractivity contribution in [3.05, 3.63) is 58.1 Å². The number of hydrogen-bond donors (Lipinski definition) is 3. The van der Waals surface area contributed by atoms with Gasteiger partial charge in [-0.15, -0.1) is 0 Å². The third-order valence-electron chi connectivity index (χ3n) is 6.34. The summed E-state index contributed by atoms with van der Waals surface area (Å²) in [6.45, 7) is 10.5. The molecule has 2 aromatic carbocycles. The number of urea groups is 1. The number of rotatable bonds is 7. The lowest BCUT2D eigenvalue weighted by Crippen LogP contribution is -2.46. The molecule has 1 unspecified atom stereocenters. The Morgan fingerprint density at radius 1 is 0.974 bits per heavy atom. The van der Waals surface area contributed by atoms with Crippen LogP contribution in [0.2, 0.25) is 10.0 Å². The van der Waals surface area contributed by atoms with Crippen LogP contribution in [-0.2, 0) is 9.53 Å². The maximum absolute atomic E-state index is 13.0. The molecule has 1 atom stereocenters. The van der Waals surface area contributed by atoms with Crippen molar-refractivity contribution in [3.8, 4) is 0 Å². The van der Waals surface area contributed by atoms with Crippen LogP contribution < -0.4 is 16.0 Å². The minimum Gasteiger partial charge on any atom is -0.444 e. The summed E-state index contributed by atoms with van der Waals surface area (Å²) in [5, 5.41) is 9.22. The number of nitrogens with one attached hydrogen (secondary N) is 3. The Hall–Kier alpha value is -2.97. The van der Waals surface area contributed by atoms with E-state index in [1.165, 1.54) is 0 Å². The van der Waals surface area contributed by atoms with Crippen LogP contribution in [0.3, 0.4) is 0 Å². The number of halogens is 2. The van der Waals surface area contributed by atoms with Gasteiger partial charge in [-0.1, -0.05) is 55.2 Å². The Labute approximate surface area is 240 Å². The summed E-state index contributed by atoms with van der Waals surface area (Å²) < 4.78 is 5.33. The molecule has 0 bridgehead atoms. The van der Waals surface area contributed by atoms with Crippen LogP contribution >= 0.6 is 23.2 Å². The first-order valence-corrected chi connectivity index (χ1v) is 14.0. The van der Waals surface area contributed by atoms with E-state index in [9.17, 15) is 14.4 Å². The van der Waals surface area contributed by atoms with Crippen LogP contribution in [0.4, 0.5) is 21.0 Å². The van der Waals surface area contributed by atoms with Crippen LogP contribution in [0.1, 0.15) is 65.4 Å². The van der Waals surface area contributed by atoms with Crippen LogP contribution in [0.15, 0.2) is 42.5 Å².